The zero-order valence-corrected chi connectivity index (χ0v) is 18.4. The highest BCUT2D eigenvalue weighted by Crippen LogP contribution is 2.26. The van der Waals surface area contributed by atoms with Crippen LogP contribution >= 0.6 is 0 Å². The van der Waals surface area contributed by atoms with Crippen LogP contribution in [-0.4, -0.2) is 39.4 Å². The first-order chi connectivity index (χ1) is 15.3. The van der Waals surface area contributed by atoms with Gasteiger partial charge in [0, 0.05) is 30.4 Å². The largest absolute Gasteiger partial charge is 0.497 e. The maximum Gasteiger partial charge on any atom is 0.243 e. The molecule has 168 valence electrons. The Balaban J connectivity index is 1.87. The number of rotatable bonds is 9. The van der Waals surface area contributed by atoms with E-state index in [1.54, 1.807) is 42.5 Å². The van der Waals surface area contributed by atoms with E-state index in [0.29, 0.717) is 22.7 Å². The number of halogens is 1. The summed E-state index contributed by atoms with van der Waals surface area (Å²) in [7, 11) is -1.11. The molecule has 0 saturated carbocycles. The van der Waals surface area contributed by atoms with Gasteiger partial charge in [0.15, 0.2) is 0 Å². The third-order valence-corrected chi connectivity index (χ3v) is 6.41. The summed E-state index contributed by atoms with van der Waals surface area (Å²) in [4.78, 5) is 12.7. The second-order valence-electron chi connectivity index (χ2n) is 6.86. The number of ether oxygens (including phenoxy) is 2. The first kappa shape index (κ1) is 23.2. The Morgan fingerprint density at radius 2 is 1.53 bits per heavy atom. The minimum absolute atomic E-state index is 0.0323. The fourth-order valence-corrected chi connectivity index (χ4v) is 4.39. The summed E-state index contributed by atoms with van der Waals surface area (Å²) in [6, 6.07) is 18.2. The Labute approximate surface area is 186 Å². The molecule has 0 bridgehead atoms. The quantitative estimate of drug-likeness (QED) is 0.529. The zero-order chi connectivity index (χ0) is 23.1. The fraction of sp³-hybridized carbons (Fsp3) is 0.174. The molecule has 0 fully saturated rings. The van der Waals surface area contributed by atoms with Crippen molar-refractivity contribution in [3.8, 4) is 11.5 Å². The van der Waals surface area contributed by atoms with E-state index >= 15 is 0 Å². The third-order valence-electron chi connectivity index (χ3n) is 4.61. The molecule has 0 unspecified atom stereocenters. The lowest BCUT2D eigenvalue weighted by Gasteiger charge is -2.22. The molecule has 3 aromatic carbocycles. The molecule has 7 nitrogen and oxygen atoms in total. The van der Waals surface area contributed by atoms with Crippen molar-refractivity contribution in [2.45, 2.75) is 11.4 Å². The molecule has 3 rings (SSSR count). The molecule has 1 amide bonds. The van der Waals surface area contributed by atoms with Crippen LogP contribution in [0.1, 0.15) is 5.56 Å². The predicted molar refractivity (Wildman–Crippen MR) is 119 cm³/mol. The van der Waals surface area contributed by atoms with Gasteiger partial charge in [0.2, 0.25) is 15.9 Å². The smallest absolute Gasteiger partial charge is 0.243 e. The van der Waals surface area contributed by atoms with Crippen LogP contribution in [0.25, 0.3) is 0 Å². The summed E-state index contributed by atoms with van der Waals surface area (Å²) in [5.74, 6) is -0.162. The number of amides is 1. The van der Waals surface area contributed by atoms with Crippen LogP contribution in [0, 0.1) is 5.82 Å². The van der Waals surface area contributed by atoms with Gasteiger partial charge in [-0.15, -0.1) is 0 Å². The van der Waals surface area contributed by atoms with Crippen molar-refractivity contribution < 1.29 is 27.1 Å². The summed E-state index contributed by atoms with van der Waals surface area (Å²) in [6.07, 6.45) is 0. The standard InChI is InChI=1S/C23H23FN2O5S/c1-30-20-12-19(13-21(14-20)31-2)25-23(27)16-26(15-17-6-4-3-5-7-17)32(28,29)22-10-8-18(24)9-11-22/h3-14H,15-16H2,1-2H3,(H,25,27). The van der Waals surface area contributed by atoms with Crippen LogP contribution in [0.4, 0.5) is 10.1 Å². The molecule has 0 spiro atoms. The van der Waals surface area contributed by atoms with E-state index in [0.717, 1.165) is 16.4 Å². The van der Waals surface area contributed by atoms with Crippen molar-refractivity contribution in [1.82, 2.24) is 4.31 Å². The van der Waals surface area contributed by atoms with Gasteiger partial charge in [-0.25, -0.2) is 12.8 Å². The molecule has 9 heteroatoms. The van der Waals surface area contributed by atoms with Gasteiger partial charge in [-0.2, -0.15) is 4.31 Å². The number of nitrogens with zero attached hydrogens (tertiary/aromatic N) is 1. The van der Waals surface area contributed by atoms with Gasteiger partial charge >= 0.3 is 0 Å². The molecular weight excluding hydrogens is 435 g/mol. The van der Waals surface area contributed by atoms with Gasteiger partial charge in [0.1, 0.15) is 17.3 Å². The number of methoxy groups -OCH3 is 2. The highest BCUT2D eigenvalue weighted by Gasteiger charge is 2.27. The monoisotopic (exact) mass is 458 g/mol. The van der Waals surface area contributed by atoms with Crippen LogP contribution < -0.4 is 14.8 Å². The SMILES string of the molecule is COc1cc(NC(=O)CN(Cc2ccccc2)S(=O)(=O)c2ccc(F)cc2)cc(OC)c1. The average molecular weight is 459 g/mol. The lowest BCUT2D eigenvalue weighted by atomic mass is 10.2. The van der Waals surface area contributed by atoms with E-state index in [2.05, 4.69) is 5.32 Å². The lowest BCUT2D eigenvalue weighted by molar-refractivity contribution is -0.116. The van der Waals surface area contributed by atoms with Crippen molar-refractivity contribution in [2.24, 2.45) is 0 Å². The van der Waals surface area contributed by atoms with Crippen LogP contribution in [0.5, 0.6) is 11.5 Å². The number of hydrogen-bond donors (Lipinski definition) is 1. The number of carbonyl (C=O) groups excluding carboxylic acids is 1. The maximum absolute atomic E-state index is 13.3. The van der Waals surface area contributed by atoms with Crippen LogP contribution in [0.2, 0.25) is 0 Å². The van der Waals surface area contributed by atoms with Crippen molar-refractivity contribution in [3.05, 3.63) is 84.2 Å². The number of anilines is 1. The minimum Gasteiger partial charge on any atom is -0.497 e. The summed E-state index contributed by atoms with van der Waals surface area (Å²) in [6.45, 7) is -0.483. The van der Waals surface area contributed by atoms with E-state index in [4.69, 9.17) is 9.47 Å². The van der Waals surface area contributed by atoms with Crippen molar-refractivity contribution >= 4 is 21.6 Å². The van der Waals surface area contributed by atoms with E-state index in [-0.39, 0.29) is 11.4 Å². The number of carbonyl (C=O) groups is 1. The minimum atomic E-state index is -4.07. The maximum atomic E-state index is 13.3. The van der Waals surface area contributed by atoms with Crippen molar-refractivity contribution in [1.29, 1.82) is 0 Å². The number of nitrogens with one attached hydrogen (secondary N) is 1. The highest BCUT2D eigenvalue weighted by molar-refractivity contribution is 7.89. The first-order valence-corrected chi connectivity index (χ1v) is 11.1. The van der Waals surface area contributed by atoms with Crippen LogP contribution in [0.3, 0.4) is 0 Å². The normalized spacial score (nSPS) is 11.2. The molecule has 0 aliphatic rings. The second-order valence-corrected chi connectivity index (χ2v) is 8.80. The van der Waals surface area contributed by atoms with Gasteiger partial charge in [-0.3, -0.25) is 4.79 Å². The predicted octanol–water partition coefficient (Wildman–Crippen LogP) is 3.67. The first-order valence-electron chi connectivity index (χ1n) is 9.64. The molecule has 0 atom stereocenters. The lowest BCUT2D eigenvalue weighted by Crippen LogP contribution is -2.37. The van der Waals surface area contributed by atoms with Crippen LogP contribution in [-0.2, 0) is 21.4 Å². The highest BCUT2D eigenvalue weighted by atomic mass is 32.2. The second kappa shape index (κ2) is 10.3. The van der Waals surface area contributed by atoms with Crippen molar-refractivity contribution in [3.63, 3.8) is 0 Å². The fourth-order valence-electron chi connectivity index (χ4n) is 3.01. The molecular formula is C23H23FN2O5S. The molecule has 0 radical (unpaired) electrons. The topological polar surface area (TPSA) is 84.9 Å². The molecule has 0 aliphatic heterocycles. The molecule has 0 aromatic heterocycles. The summed E-state index contributed by atoms with van der Waals surface area (Å²) in [5, 5.41) is 2.68. The Kier molecular flexibility index (Phi) is 7.45. The summed E-state index contributed by atoms with van der Waals surface area (Å²) >= 11 is 0. The van der Waals surface area contributed by atoms with E-state index in [1.807, 2.05) is 6.07 Å². The van der Waals surface area contributed by atoms with E-state index < -0.39 is 28.3 Å². The summed E-state index contributed by atoms with van der Waals surface area (Å²) in [5.41, 5.74) is 1.10. The number of sulfonamides is 1. The van der Waals surface area contributed by atoms with Gasteiger partial charge in [0.25, 0.3) is 0 Å². The Bertz CT molecular complexity index is 1150. The van der Waals surface area contributed by atoms with Crippen LogP contribution in [0.15, 0.2) is 77.7 Å². The molecule has 0 saturated heterocycles. The molecule has 1 N–H and O–H groups in total. The molecule has 0 aliphatic carbocycles. The van der Waals surface area contributed by atoms with E-state index in [1.165, 1.54) is 26.4 Å². The Hall–Kier alpha value is -3.43. The number of hydrogen-bond acceptors (Lipinski definition) is 5. The van der Waals surface area contributed by atoms with Gasteiger partial charge in [-0.1, -0.05) is 30.3 Å². The molecule has 0 heterocycles. The Morgan fingerprint density at radius 1 is 0.938 bits per heavy atom. The average Bonchev–Trinajstić information content (AvgIpc) is 2.79. The Morgan fingerprint density at radius 3 is 2.09 bits per heavy atom. The molecule has 3 aromatic rings. The van der Waals surface area contributed by atoms with Crippen molar-refractivity contribution in [2.75, 3.05) is 26.1 Å². The summed E-state index contributed by atoms with van der Waals surface area (Å²) < 4.78 is 51.2. The van der Waals surface area contributed by atoms with Gasteiger partial charge in [0.05, 0.1) is 25.7 Å². The molecule has 32 heavy (non-hydrogen) atoms. The van der Waals surface area contributed by atoms with E-state index in [9.17, 15) is 17.6 Å². The van der Waals surface area contributed by atoms with Gasteiger partial charge in [-0.05, 0) is 29.8 Å². The number of benzene rings is 3. The third kappa shape index (κ3) is 5.83. The van der Waals surface area contributed by atoms with Gasteiger partial charge < -0.3 is 14.8 Å². The zero-order valence-electron chi connectivity index (χ0n) is 17.6.